The van der Waals surface area contributed by atoms with Crippen molar-refractivity contribution in [3.63, 3.8) is 0 Å². The second-order valence-electron chi connectivity index (χ2n) is 5.26. The lowest BCUT2D eigenvalue weighted by Crippen LogP contribution is -2.39. The van der Waals surface area contributed by atoms with Gasteiger partial charge in [-0.05, 0) is 23.5 Å². The quantitative estimate of drug-likeness (QED) is 0.567. The minimum Gasteiger partial charge on any atom is -0.312 e. The van der Waals surface area contributed by atoms with E-state index in [1.165, 1.54) is 19.1 Å². The molecule has 1 aromatic rings. The number of carbonyl (C=O) groups excluding carboxylic acids is 1. The van der Waals surface area contributed by atoms with Crippen LogP contribution in [0.3, 0.4) is 0 Å². The van der Waals surface area contributed by atoms with Crippen LogP contribution in [-0.4, -0.2) is 17.4 Å². The molecular formula is C13H16N2O3. The first-order chi connectivity index (χ1) is 8.33. The topological polar surface area (TPSA) is 63.5 Å². The number of hydrogen-bond acceptors (Lipinski definition) is 3. The molecule has 0 spiro atoms. The Kier molecular flexibility index (Phi) is 2.84. The van der Waals surface area contributed by atoms with Crippen molar-refractivity contribution in [3.05, 3.63) is 33.9 Å². The van der Waals surface area contributed by atoms with E-state index >= 15 is 0 Å². The number of nitrogens with zero attached hydrogens (tertiary/aromatic N) is 2. The summed E-state index contributed by atoms with van der Waals surface area (Å²) in [5, 5.41) is 10.8. The van der Waals surface area contributed by atoms with Gasteiger partial charge in [-0.1, -0.05) is 13.8 Å². The molecule has 1 aliphatic heterocycles. The Hall–Kier alpha value is -1.91. The summed E-state index contributed by atoms with van der Waals surface area (Å²) in [7, 11) is 0. The highest BCUT2D eigenvalue weighted by atomic mass is 16.6. The molecular weight excluding hydrogens is 232 g/mol. The number of amides is 1. The number of hydrogen-bond donors (Lipinski definition) is 0. The molecule has 1 heterocycles. The summed E-state index contributed by atoms with van der Waals surface area (Å²) in [6.07, 6.45) is 0.859. The molecule has 5 heteroatoms. The molecule has 0 N–H and O–H groups in total. The third-order valence-corrected chi connectivity index (χ3v) is 3.55. The third-order valence-electron chi connectivity index (χ3n) is 3.55. The lowest BCUT2D eigenvalue weighted by atomic mass is 9.77. The Morgan fingerprint density at radius 2 is 2.11 bits per heavy atom. The SMILES string of the molecule is CC(=O)N1CCC(C)(C)c2ccc([N+](=O)[O-])cc21. The van der Waals surface area contributed by atoms with E-state index in [1.54, 1.807) is 11.0 Å². The van der Waals surface area contributed by atoms with Gasteiger partial charge in [0.1, 0.15) is 0 Å². The van der Waals surface area contributed by atoms with Crippen LogP contribution in [0.1, 0.15) is 32.8 Å². The van der Waals surface area contributed by atoms with Gasteiger partial charge in [0, 0.05) is 25.6 Å². The zero-order valence-corrected chi connectivity index (χ0v) is 10.8. The van der Waals surface area contributed by atoms with E-state index < -0.39 is 4.92 Å². The van der Waals surface area contributed by atoms with Crippen molar-refractivity contribution in [1.82, 2.24) is 0 Å². The highest BCUT2D eigenvalue weighted by Gasteiger charge is 2.33. The molecule has 5 nitrogen and oxygen atoms in total. The van der Waals surface area contributed by atoms with Crippen LogP contribution in [0.4, 0.5) is 11.4 Å². The van der Waals surface area contributed by atoms with Crippen molar-refractivity contribution in [1.29, 1.82) is 0 Å². The molecule has 0 bridgehead atoms. The number of non-ortho nitro benzene ring substituents is 1. The van der Waals surface area contributed by atoms with Gasteiger partial charge in [-0.25, -0.2) is 0 Å². The van der Waals surface area contributed by atoms with Gasteiger partial charge < -0.3 is 4.90 Å². The molecule has 1 aliphatic rings. The first-order valence-corrected chi connectivity index (χ1v) is 5.90. The predicted molar refractivity (Wildman–Crippen MR) is 68.8 cm³/mol. The van der Waals surface area contributed by atoms with Crippen LogP contribution in [-0.2, 0) is 10.2 Å². The van der Waals surface area contributed by atoms with Crippen molar-refractivity contribution in [2.24, 2.45) is 0 Å². The molecule has 0 saturated heterocycles. The first kappa shape index (κ1) is 12.5. The number of fused-ring (bicyclic) bond motifs is 1. The Morgan fingerprint density at radius 3 is 2.67 bits per heavy atom. The highest BCUT2D eigenvalue weighted by Crippen LogP contribution is 2.41. The summed E-state index contributed by atoms with van der Waals surface area (Å²) < 4.78 is 0. The summed E-state index contributed by atoms with van der Waals surface area (Å²) >= 11 is 0. The molecule has 0 atom stereocenters. The minimum absolute atomic E-state index is 0.0256. The van der Waals surface area contributed by atoms with Crippen LogP contribution >= 0.6 is 0 Å². The number of benzene rings is 1. The van der Waals surface area contributed by atoms with Gasteiger partial charge in [0.25, 0.3) is 5.69 Å². The second kappa shape index (κ2) is 4.08. The van der Waals surface area contributed by atoms with Crippen molar-refractivity contribution in [2.75, 3.05) is 11.4 Å². The fraction of sp³-hybridized carbons (Fsp3) is 0.462. The number of rotatable bonds is 1. The Labute approximate surface area is 106 Å². The summed E-state index contributed by atoms with van der Waals surface area (Å²) in [5.41, 5.74) is 1.64. The monoisotopic (exact) mass is 248 g/mol. The minimum atomic E-state index is -0.430. The first-order valence-electron chi connectivity index (χ1n) is 5.90. The molecule has 0 unspecified atom stereocenters. The number of nitro benzene ring substituents is 1. The van der Waals surface area contributed by atoms with E-state index in [0.717, 1.165) is 12.0 Å². The van der Waals surface area contributed by atoms with Crippen LogP contribution in [0, 0.1) is 10.1 Å². The lowest BCUT2D eigenvalue weighted by molar-refractivity contribution is -0.384. The number of nitro groups is 1. The van der Waals surface area contributed by atoms with E-state index in [1.807, 2.05) is 0 Å². The molecule has 0 radical (unpaired) electrons. The maximum Gasteiger partial charge on any atom is 0.271 e. The Morgan fingerprint density at radius 1 is 1.44 bits per heavy atom. The summed E-state index contributed by atoms with van der Waals surface area (Å²) in [5.74, 6) is -0.0766. The van der Waals surface area contributed by atoms with Crippen LogP contribution < -0.4 is 4.90 Å². The van der Waals surface area contributed by atoms with Gasteiger partial charge in [0.15, 0.2) is 0 Å². The predicted octanol–water partition coefficient (Wildman–Crippen LogP) is 2.63. The maximum absolute atomic E-state index is 11.6. The standard InChI is InChI=1S/C13H16N2O3/c1-9(16)14-7-6-13(2,3)11-5-4-10(15(17)18)8-12(11)14/h4-5,8H,6-7H2,1-3H3. The fourth-order valence-electron chi connectivity index (χ4n) is 2.40. The second-order valence-corrected chi connectivity index (χ2v) is 5.26. The van der Waals surface area contributed by atoms with Crippen molar-refractivity contribution in [3.8, 4) is 0 Å². The molecule has 2 rings (SSSR count). The van der Waals surface area contributed by atoms with Gasteiger partial charge in [-0.3, -0.25) is 14.9 Å². The van der Waals surface area contributed by atoms with E-state index in [9.17, 15) is 14.9 Å². The number of carbonyl (C=O) groups is 1. The average molecular weight is 248 g/mol. The molecule has 0 saturated carbocycles. The molecule has 96 valence electrons. The molecule has 1 aromatic carbocycles. The maximum atomic E-state index is 11.6. The normalized spacial score (nSPS) is 17.2. The van der Waals surface area contributed by atoms with Crippen LogP contribution in [0.2, 0.25) is 0 Å². The molecule has 0 aromatic heterocycles. The van der Waals surface area contributed by atoms with E-state index in [2.05, 4.69) is 13.8 Å². The zero-order chi connectivity index (χ0) is 13.5. The molecule has 18 heavy (non-hydrogen) atoms. The molecule has 0 fully saturated rings. The largest absolute Gasteiger partial charge is 0.312 e. The lowest BCUT2D eigenvalue weighted by Gasteiger charge is -2.38. The van der Waals surface area contributed by atoms with Gasteiger partial charge >= 0.3 is 0 Å². The average Bonchev–Trinajstić information content (AvgIpc) is 2.27. The fourth-order valence-corrected chi connectivity index (χ4v) is 2.40. The summed E-state index contributed by atoms with van der Waals surface area (Å²) in [4.78, 5) is 23.6. The Bertz CT molecular complexity index is 523. The smallest absolute Gasteiger partial charge is 0.271 e. The van der Waals surface area contributed by atoms with E-state index in [-0.39, 0.29) is 17.0 Å². The van der Waals surface area contributed by atoms with Crippen LogP contribution in [0.5, 0.6) is 0 Å². The highest BCUT2D eigenvalue weighted by molar-refractivity contribution is 5.93. The van der Waals surface area contributed by atoms with Crippen molar-refractivity contribution < 1.29 is 9.72 Å². The summed E-state index contributed by atoms with van der Waals surface area (Å²) in [6.45, 7) is 6.28. The zero-order valence-electron chi connectivity index (χ0n) is 10.8. The number of anilines is 1. The van der Waals surface area contributed by atoms with Crippen molar-refractivity contribution in [2.45, 2.75) is 32.6 Å². The van der Waals surface area contributed by atoms with E-state index in [4.69, 9.17) is 0 Å². The third kappa shape index (κ3) is 1.96. The van der Waals surface area contributed by atoms with Gasteiger partial charge in [0.2, 0.25) is 5.91 Å². The van der Waals surface area contributed by atoms with Crippen LogP contribution in [0.25, 0.3) is 0 Å². The van der Waals surface area contributed by atoms with E-state index in [0.29, 0.717) is 12.2 Å². The van der Waals surface area contributed by atoms with Crippen LogP contribution in [0.15, 0.2) is 18.2 Å². The van der Waals surface area contributed by atoms with Gasteiger partial charge in [-0.2, -0.15) is 0 Å². The molecule has 1 amide bonds. The van der Waals surface area contributed by atoms with Gasteiger partial charge in [0.05, 0.1) is 10.6 Å². The summed E-state index contributed by atoms with van der Waals surface area (Å²) in [6, 6.07) is 4.77. The molecule has 0 aliphatic carbocycles. The van der Waals surface area contributed by atoms with Crippen molar-refractivity contribution >= 4 is 17.3 Å². The van der Waals surface area contributed by atoms with Gasteiger partial charge in [-0.15, -0.1) is 0 Å². The Balaban J connectivity index is 2.60.